The van der Waals surface area contributed by atoms with Crippen molar-refractivity contribution >= 4 is 53.7 Å². The molecule has 0 unspecified atom stereocenters. The Morgan fingerprint density at radius 1 is 0.510 bits per heavy atom. The summed E-state index contributed by atoms with van der Waals surface area (Å²) in [5.41, 5.74) is 0. The van der Waals surface area contributed by atoms with Gasteiger partial charge in [-0.25, -0.2) is 0 Å². The fourth-order valence-corrected chi connectivity index (χ4v) is 5.08. The van der Waals surface area contributed by atoms with E-state index in [1.807, 2.05) is 0 Å². The molecule has 2 aliphatic rings. The fourth-order valence-electron chi connectivity index (χ4n) is 5.08. The molecule has 21 heteroatoms. The zero-order valence-corrected chi connectivity index (χ0v) is 28.8. The predicted octanol–water partition coefficient (Wildman–Crippen LogP) is -1.41. The van der Waals surface area contributed by atoms with Gasteiger partial charge in [-0.2, -0.15) is 0 Å². The van der Waals surface area contributed by atoms with Crippen LogP contribution in [0.25, 0.3) is 0 Å². The van der Waals surface area contributed by atoms with Crippen LogP contribution in [0.1, 0.15) is 61.3 Å². The van der Waals surface area contributed by atoms with Crippen LogP contribution in [0.5, 0.6) is 0 Å². The Labute approximate surface area is 290 Å². The van der Waals surface area contributed by atoms with E-state index >= 15 is 0 Å². The zero-order chi connectivity index (χ0) is 38.6. The Bertz CT molecular complexity index is 1330. The van der Waals surface area contributed by atoms with E-state index in [9.17, 15) is 43.2 Å². The van der Waals surface area contributed by atoms with E-state index in [0.717, 1.165) is 48.5 Å². The second-order valence-electron chi connectivity index (χ2n) is 11.2. The first-order chi connectivity index (χ1) is 23.8. The summed E-state index contributed by atoms with van der Waals surface area (Å²) in [5.74, 6) is -8.53. The van der Waals surface area contributed by atoms with Crippen molar-refractivity contribution in [1.82, 2.24) is 5.32 Å². The fraction of sp³-hybridized carbons (Fsp3) is 0.700. The summed E-state index contributed by atoms with van der Waals surface area (Å²) in [6.45, 7) is 5.79. The molecule has 1 amide bonds. The number of esters is 7. The van der Waals surface area contributed by atoms with E-state index in [2.05, 4.69) is 5.32 Å². The molecule has 0 aliphatic carbocycles. The average Bonchev–Trinajstić information content (AvgIpc) is 2.98. The van der Waals surface area contributed by atoms with Gasteiger partial charge in [0.2, 0.25) is 5.91 Å². The molecule has 286 valence electrons. The van der Waals surface area contributed by atoms with Crippen molar-refractivity contribution < 1.29 is 95.6 Å². The molecule has 2 fully saturated rings. The Hall–Kier alpha value is -4.89. The van der Waals surface area contributed by atoms with Gasteiger partial charge in [-0.15, -0.1) is 0 Å². The van der Waals surface area contributed by atoms with Crippen molar-refractivity contribution in [3.8, 4) is 0 Å². The second kappa shape index (κ2) is 19.5. The minimum Gasteiger partial charge on any atom is -0.481 e. The molecule has 2 heterocycles. The molecule has 0 saturated carbocycles. The van der Waals surface area contributed by atoms with Gasteiger partial charge < -0.3 is 57.8 Å². The van der Waals surface area contributed by atoms with Gasteiger partial charge in [0.25, 0.3) is 0 Å². The number of nitrogens with one attached hydrogen (secondary N) is 1. The molecule has 0 radical (unpaired) electrons. The molecule has 10 atom stereocenters. The molecule has 21 nitrogen and oxygen atoms in total. The third-order valence-electron chi connectivity index (χ3n) is 6.80. The first-order valence-electron chi connectivity index (χ1n) is 15.4. The van der Waals surface area contributed by atoms with Gasteiger partial charge in [-0.05, 0) is 0 Å². The summed E-state index contributed by atoms with van der Waals surface area (Å²) < 4.78 is 55.4. The van der Waals surface area contributed by atoms with E-state index in [1.54, 1.807) is 0 Å². The number of ether oxygens (including phenoxy) is 10. The van der Waals surface area contributed by atoms with Crippen molar-refractivity contribution in [2.24, 2.45) is 0 Å². The normalized spacial score (nSPS) is 28.5. The first-order valence-corrected chi connectivity index (χ1v) is 15.4. The van der Waals surface area contributed by atoms with Crippen LogP contribution in [0.15, 0.2) is 0 Å². The lowest BCUT2D eigenvalue weighted by atomic mass is 9.95. The van der Waals surface area contributed by atoms with E-state index in [0.29, 0.717) is 0 Å². The van der Waals surface area contributed by atoms with Crippen LogP contribution in [0.2, 0.25) is 0 Å². The molecule has 2 saturated heterocycles. The van der Waals surface area contributed by atoms with Crippen molar-refractivity contribution in [2.45, 2.75) is 123 Å². The van der Waals surface area contributed by atoms with Crippen molar-refractivity contribution in [1.29, 1.82) is 0 Å². The van der Waals surface area contributed by atoms with Crippen molar-refractivity contribution in [3.05, 3.63) is 0 Å². The van der Waals surface area contributed by atoms with Gasteiger partial charge in [0.05, 0.1) is 6.42 Å². The van der Waals surface area contributed by atoms with Gasteiger partial charge in [-0.3, -0.25) is 43.2 Å². The smallest absolute Gasteiger partial charge is 0.303 e. The molecule has 0 aromatic heterocycles. The highest BCUT2D eigenvalue weighted by Crippen LogP contribution is 2.35. The lowest BCUT2D eigenvalue weighted by Crippen LogP contribution is -2.68. The minimum absolute atomic E-state index is 0.542. The number of amides is 1. The van der Waals surface area contributed by atoms with Crippen LogP contribution in [0.3, 0.4) is 0 Å². The lowest BCUT2D eigenvalue weighted by Gasteiger charge is -2.48. The number of carboxylic acids is 1. The molecule has 0 spiro atoms. The van der Waals surface area contributed by atoms with Crippen molar-refractivity contribution in [3.63, 3.8) is 0 Å². The maximum absolute atomic E-state index is 12.7. The Balaban J connectivity index is 2.73. The van der Waals surface area contributed by atoms with Crippen LogP contribution in [0.4, 0.5) is 0 Å². The Morgan fingerprint density at radius 2 is 0.922 bits per heavy atom. The van der Waals surface area contributed by atoms with Crippen LogP contribution in [0, 0.1) is 0 Å². The standard InChI is InChI=1S/C30H41NO20/c1-12(32)42-10-19-24(25(45-15(4)35)27(47-17(6)37)29(49-19)31-21(39)8-9-22(40)41)51-30-28(48-18(7)38)26(46-16(5)36)23(44-14(3)34)20(50-30)11-43-13(2)33/h19-20,23-30H,8-11H2,1-7H3,(H,31,39)(H,40,41)/t19-,20-,23+,24-,25+,26+,27-,28-,29-,30+/m1/s1. The number of carboxylic acid groups (broad SMARTS) is 1. The summed E-state index contributed by atoms with van der Waals surface area (Å²) in [5, 5.41) is 11.3. The summed E-state index contributed by atoms with van der Waals surface area (Å²) >= 11 is 0. The highest BCUT2D eigenvalue weighted by atomic mass is 16.8. The van der Waals surface area contributed by atoms with Gasteiger partial charge in [0, 0.05) is 54.9 Å². The summed E-state index contributed by atoms with van der Waals surface area (Å²) in [7, 11) is 0. The molecular weight excluding hydrogens is 694 g/mol. The van der Waals surface area contributed by atoms with Gasteiger partial charge >= 0.3 is 47.8 Å². The van der Waals surface area contributed by atoms with Gasteiger partial charge in [0.1, 0.15) is 31.5 Å². The number of carbonyl (C=O) groups excluding carboxylic acids is 8. The zero-order valence-electron chi connectivity index (χ0n) is 28.8. The SMILES string of the molecule is CC(=O)OC[C@H]1O[C@@H](O[C@H]2[C@H](OC(C)=O)[C@@H](OC(C)=O)[C@H](NC(=O)CCC(=O)O)O[C@@H]2COC(C)=O)[C@H](OC(C)=O)[C@@H](OC(C)=O)[C@H]1OC(C)=O. The molecule has 0 aromatic carbocycles. The molecular formula is C30H41NO20. The maximum atomic E-state index is 12.7. The first kappa shape index (κ1) is 42.3. The number of hydrogen-bond acceptors (Lipinski definition) is 19. The largest absolute Gasteiger partial charge is 0.481 e. The van der Waals surface area contributed by atoms with E-state index < -0.39 is 141 Å². The summed E-state index contributed by atoms with van der Waals surface area (Å²) in [4.78, 5) is 109. The number of rotatable bonds is 15. The number of hydrogen-bond donors (Lipinski definition) is 2. The lowest BCUT2D eigenvalue weighted by molar-refractivity contribution is -0.345. The quantitative estimate of drug-likeness (QED) is 0.144. The van der Waals surface area contributed by atoms with E-state index in [4.69, 9.17) is 52.5 Å². The number of carbonyl (C=O) groups is 9. The maximum Gasteiger partial charge on any atom is 0.303 e. The highest BCUT2D eigenvalue weighted by molar-refractivity contribution is 5.81. The third kappa shape index (κ3) is 13.7. The molecule has 0 aromatic rings. The molecule has 2 rings (SSSR count). The van der Waals surface area contributed by atoms with Crippen LogP contribution >= 0.6 is 0 Å². The third-order valence-corrected chi connectivity index (χ3v) is 6.80. The van der Waals surface area contributed by atoms with Crippen LogP contribution in [-0.2, 0) is 90.5 Å². The molecule has 0 bridgehead atoms. The van der Waals surface area contributed by atoms with Gasteiger partial charge in [0.15, 0.2) is 43.0 Å². The van der Waals surface area contributed by atoms with Gasteiger partial charge in [-0.1, -0.05) is 0 Å². The summed E-state index contributed by atoms with van der Waals surface area (Å²) in [6, 6.07) is 0. The van der Waals surface area contributed by atoms with Crippen molar-refractivity contribution in [2.75, 3.05) is 13.2 Å². The molecule has 51 heavy (non-hydrogen) atoms. The number of aliphatic carboxylic acids is 1. The second-order valence-corrected chi connectivity index (χ2v) is 11.2. The Kier molecular flexibility index (Phi) is 16.2. The highest BCUT2D eigenvalue weighted by Gasteiger charge is 2.57. The average molecular weight is 736 g/mol. The molecule has 2 N–H and O–H groups in total. The van der Waals surface area contributed by atoms with E-state index in [1.165, 1.54) is 0 Å². The van der Waals surface area contributed by atoms with Crippen LogP contribution < -0.4 is 5.32 Å². The summed E-state index contributed by atoms with van der Waals surface area (Å²) in [6.07, 6.45) is -17.8. The predicted molar refractivity (Wildman–Crippen MR) is 158 cm³/mol. The van der Waals surface area contributed by atoms with Crippen LogP contribution in [-0.4, -0.2) is 133 Å². The topological polar surface area (TPSA) is 278 Å². The Morgan fingerprint density at radius 3 is 1.37 bits per heavy atom. The molecule has 2 aliphatic heterocycles. The monoisotopic (exact) mass is 735 g/mol. The minimum atomic E-state index is -1.88. The van der Waals surface area contributed by atoms with E-state index in [-0.39, 0.29) is 0 Å².